The van der Waals surface area contributed by atoms with Crippen LogP contribution < -0.4 is 10.6 Å². The summed E-state index contributed by atoms with van der Waals surface area (Å²) in [6.45, 7) is 2.50. The molecule has 0 aromatic carbocycles. The van der Waals surface area contributed by atoms with Gasteiger partial charge in [-0.3, -0.25) is 9.88 Å². The molecule has 1 fully saturated rings. The summed E-state index contributed by atoms with van der Waals surface area (Å²) < 4.78 is 21.7. The number of aromatic nitrogens is 6. The lowest BCUT2D eigenvalue weighted by Gasteiger charge is -2.34. The standard InChI is InChI=1S/C22H26FN9O/c1-24-21-19-14(16-3-4-18-20(27-16)26-8-7-25-18)5-10-32(19)30-22(29-21)28-17-6-9-31(11-12-33-2)13-15(17)23/h3-5,7-8,10,15,17H,6,9,11-13H2,1-2H3,(H2,24,28,29,30)/t15-,17+/m0/s1. The van der Waals surface area contributed by atoms with Gasteiger partial charge in [-0.2, -0.15) is 4.98 Å². The average Bonchev–Trinajstić information content (AvgIpc) is 3.27. The van der Waals surface area contributed by atoms with Crippen molar-refractivity contribution >= 4 is 28.4 Å². The highest BCUT2D eigenvalue weighted by molar-refractivity contribution is 5.89. The molecule has 0 bridgehead atoms. The second kappa shape index (κ2) is 9.20. The highest BCUT2D eigenvalue weighted by atomic mass is 19.1. The lowest BCUT2D eigenvalue weighted by molar-refractivity contribution is 0.0918. The summed E-state index contributed by atoms with van der Waals surface area (Å²) in [4.78, 5) is 19.9. The smallest absolute Gasteiger partial charge is 0.243 e. The van der Waals surface area contributed by atoms with Crippen molar-refractivity contribution in [3.05, 3.63) is 36.8 Å². The van der Waals surface area contributed by atoms with E-state index in [9.17, 15) is 4.39 Å². The van der Waals surface area contributed by atoms with Gasteiger partial charge >= 0.3 is 0 Å². The molecule has 0 spiro atoms. The molecule has 1 saturated heterocycles. The zero-order valence-corrected chi connectivity index (χ0v) is 18.6. The number of anilines is 2. The van der Waals surface area contributed by atoms with E-state index in [1.807, 2.05) is 24.4 Å². The molecule has 11 heteroatoms. The van der Waals surface area contributed by atoms with E-state index < -0.39 is 6.17 Å². The summed E-state index contributed by atoms with van der Waals surface area (Å²) in [6, 6.07) is 5.39. The van der Waals surface area contributed by atoms with Gasteiger partial charge in [-0.05, 0) is 24.6 Å². The highest BCUT2D eigenvalue weighted by Gasteiger charge is 2.30. The fraction of sp³-hybridized carbons (Fsp3) is 0.409. The number of methoxy groups -OCH3 is 1. The largest absolute Gasteiger partial charge is 0.383 e. The van der Waals surface area contributed by atoms with Gasteiger partial charge in [0.25, 0.3) is 0 Å². The normalized spacial score (nSPS) is 19.2. The molecular weight excluding hydrogens is 425 g/mol. The number of fused-ring (bicyclic) bond motifs is 2. The van der Waals surface area contributed by atoms with Gasteiger partial charge in [-0.25, -0.2) is 18.9 Å². The molecule has 0 radical (unpaired) electrons. The minimum Gasteiger partial charge on any atom is -0.383 e. The van der Waals surface area contributed by atoms with Gasteiger partial charge in [0.1, 0.15) is 17.2 Å². The Bertz CT molecular complexity index is 1260. The molecule has 5 heterocycles. The number of alkyl halides is 1. The minimum absolute atomic E-state index is 0.346. The zero-order valence-electron chi connectivity index (χ0n) is 18.6. The summed E-state index contributed by atoms with van der Waals surface area (Å²) in [5.74, 6) is 1.01. The maximum Gasteiger partial charge on any atom is 0.243 e. The molecule has 0 saturated carbocycles. The molecule has 10 nitrogen and oxygen atoms in total. The number of nitrogens with zero attached hydrogens (tertiary/aromatic N) is 7. The first-order valence-corrected chi connectivity index (χ1v) is 10.9. The van der Waals surface area contributed by atoms with Gasteiger partial charge in [0.15, 0.2) is 11.5 Å². The molecule has 4 aromatic rings. The maximum absolute atomic E-state index is 14.8. The molecule has 5 rings (SSSR count). The van der Waals surface area contributed by atoms with Crippen LogP contribution in [0.1, 0.15) is 6.42 Å². The van der Waals surface area contributed by atoms with Crippen LogP contribution in [0.25, 0.3) is 27.9 Å². The van der Waals surface area contributed by atoms with E-state index in [0.29, 0.717) is 37.0 Å². The number of hydrogen-bond donors (Lipinski definition) is 2. The molecule has 0 unspecified atom stereocenters. The quantitative estimate of drug-likeness (QED) is 0.438. The molecule has 33 heavy (non-hydrogen) atoms. The molecule has 2 N–H and O–H groups in total. The number of likely N-dealkylation sites (tertiary alicyclic amines) is 1. The Labute approximate surface area is 190 Å². The summed E-state index contributed by atoms with van der Waals surface area (Å²) in [7, 11) is 3.46. The van der Waals surface area contributed by atoms with Crippen molar-refractivity contribution in [2.45, 2.75) is 18.6 Å². The molecule has 2 atom stereocenters. The number of rotatable bonds is 7. The van der Waals surface area contributed by atoms with Crippen LogP contribution in [0.5, 0.6) is 0 Å². The Balaban J connectivity index is 1.41. The summed E-state index contributed by atoms with van der Waals surface area (Å²) in [5, 5.41) is 10.9. The second-order valence-corrected chi connectivity index (χ2v) is 8.00. The van der Waals surface area contributed by atoms with Crippen LogP contribution in [0.15, 0.2) is 36.8 Å². The van der Waals surface area contributed by atoms with Crippen molar-refractivity contribution in [3.63, 3.8) is 0 Å². The van der Waals surface area contributed by atoms with Crippen molar-refractivity contribution in [1.82, 2.24) is 34.4 Å². The van der Waals surface area contributed by atoms with Crippen LogP contribution in [0.2, 0.25) is 0 Å². The monoisotopic (exact) mass is 451 g/mol. The molecule has 1 aliphatic heterocycles. The van der Waals surface area contributed by atoms with Crippen LogP contribution in [0.4, 0.5) is 16.2 Å². The van der Waals surface area contributed by atoms with Gasteiger partial charge in [0.05, 0.1) is 18.3 Å². The predicted octanol–water partition coefficient (Wildman–Crippen LogP) is 2.25. The third-order valence-corrected chi connectivity index (χ3v) is 5.91. The van der Waals surface area contributed by atoms with Crippen molar-refractivity contribution < 1.29 is 9.13 Å². The average molecular weight is 452 g/mol. The first-order chi connectivity index (χ1) is 16.2. The van der Waals surface area contributed by atoms with Crippen LogP contribution in [-0.2, 0) is 4.74 Å². The number of pyridine rings is 1. The Kier molecular flexibility index (Phi) is 5.97. The fourth-order valence-corrected chi connectivity index (χ4v) is 4.19. The number of halogens is 1. The summed E-state index contributed by atoms with van der Waals surface area (Å²) in [5.41, 5.74) is 3.71. The van der Waals surface area contributed by atoms with Crippen molar-refractivity contribution in [2.24, 2.45) is 0 Å². The Morgan fingerprint density at radius 1 is 1.18 bits per heavy atom. The van der Waals surface area contributed by atoms with Gasteiger partial charge in [0, 0.05) is 57.9 Å². The first kappa shape index (κ1) is 21.4. The van der Waals surface area contributed by atoms with Crippen molar-refractivity contribution in [1.29, 1.82) is 0 Å². The predicted molar refractivity (Wildman–Crippen MR) is 124 cm³/mol. The van der Waals surface area contributed by atoms with Gasteiger partial charge in [0.2, 0.25) is 5.95 Å². The lowest BCUT2D eigenvalue weighted by Crippen LogP contribution is -2.48. The topological polar surface area (TPSA) is 105 Å². The van der Waals surface area contributed by atoms with E-state index in [2.05, 4.69) is 40.6 Å². The third kappa shape index (κ3) is 4.29. The Morgan fingerprint density at radius 3 is 2.88 bits per heavy atom. The first-order valence-electron chi connectivity index (χ1n) is 10.9. The van der Waals surface area contributed by atoms with Gasteiger partial charge in [-0.1, -0.05) is 0 Å². The fourth-order valence-electron chi connectivity index (χ4n) is 4.19. The van der Waals surface area contributed by atoms with E-state index in [0.717, 1.165) is 35.4 Å². The molecule has 0 amide bonds. The van der Waals surface area contributed by atoms with E-state index >= 15 is 0 Å². The van der Waals surface area contributed by atoms with Crippen molar-refractivity contribution in [2.75, 3.05) is 51.0 Å². The maximum atomic E-state index is 14.8. The van der Waals surface area contributed by atoms with Gasteiger partial charge < -0.3 is 15.4 Å². The van der Waals surface area contributed by atoms with Crippen LogP contribution in [0, 0.1) is 0 Å². The number of ether oxygens (including phenoxy) is 1. The SMILES string of the molecule is CNc1nc(N[C@@H]2CCN(CCOC)C[C@@H]2F)nn2ccc(-c3ccc4nccnc4n3)c12. The molecule has 172 valence electrons. The second-order valence-electron chi connectivity index (χ2n) is 8.00. The lowest BCUT2D eigenvalue weighted by atomic mass is 10.0. The summed E-state index contributed by atoms with van der Waals surface area (Å²) >= 11 is 0. The van der Waals surface area contributed by atoms with E-state index in [1.165, 1.54) is 0 Å². The van der Waals surface area contributed by atoms with E-state index in [-0.39, 0.29) is 6.04 Å². The highest BCUT2D eigenvalue weighted by Crippen LogP contribution is 2.30. The van der Waals surface area contributed by atoms with Crippen LogP contribution in [-0.4, -0.2) is 87.1 Å². The van der Waals surface area contributed by atoms with Crippen molar-refractivity contribution in [3.8, 4) is 11.3 Å². The Hall–Kier alpha value is -3.44. The van der Waals surface area contributed by atoms with Crippen LogP contribution in [0.3, 0.4) is 0 Å². The zero-order chi connectivity index (χ0) is 22.8. The van der Waals surface area contributed by atoms with E-state index in [4.69, 9.17) is 4.74 Å². The number of piperidine rings is 1. The molecular formula is C22H26FN9O. The van der Waals surface area contributed by atoms with Crippen LogP contribution >= 0.6 is 0 Å². The molecule has 0 aliphatic carbocycles. The minimum atomic E-state index is -1.02. The molecule has 4 aromatic heterocycles. The third-order valence-electron chi connectivity index (χ3n) is 5.91. The van der Waals surface area contributed by atoms with E-state index in [1.54, 1.807) is 31.1 Å². The number of hydrogen-bond acceptors (Lipinski definition) is 9. The summed E-state index contributed by atoms with van der Waals surface area (Å²) in [6.07, 6.45) is 4.76. The number of nitrogens with one attached hydrogen (secondary N) is 2. The Morgan fingerprint density at radius 2 is 2.06 bits per heavy atom. The van der Waals surface area contributed by atoms with Gasteiger partial charge in [-0.15, -0.1) is 5.10 Å². The molecule has 1 aliphatic rings.